The second-order valence-corrected chi connectivity index (χ2v) is 17.1. The van der Waals surface area contributed by atoms with Crippen LogP contribution in [0.5, 0.6) is 0 Å². The van der Waals surface area contributed by atoms with Crippen LogP contribution in [0.1, 0.15) is 44.2 Å². The maximum Gasteiger partial charge on any atom is 0.246 e. The van der Waals surface area contributed by atoms with Gasteiger partial charge in [0.15, 0.2) is 0 Å². The number of nitrogens with one attached hydrogen (secondary N) is 2. The molecule has 4 saturated heterocycles. The Morgan fingerprint density at radius 2 is 1.20 bits per heavy atom. The zero-order chi connectivity index (χ0) is 36.3. The monoisotopic (exact) mass is 878 g/mol. The number of morpholine rings is 2. The van der Waals surface area contributed by atoms with Crippen molar-refractivity contribution in [2.45, 2.75) is 82.3 Å². The Morgan fingerprint density at radius 3 is 1.62 bits per heavy atom. The summed E-state index contributed by atoms with van der Waals surface area (Å²) in [7, 11) is 0. The molecule has 10 nitrogen and oxygen atoms in total. The van der Waals surface area contributed by atoms with Gasteiger partial charge in [-0.1, -0.05) is 54.9 Å². The minimum Gasteiger partial charge on any atom is -0.374 e. The smallest absolute Gasteiger partial charge is 0.246 e. The Bertz CT molecular complexity index is 1480. The summed E-state index contributed by atoms with van der Waals surface area (Å²) < 4.78 is 12.3. The lowest BCUT2D eigenvalue weighted by molar-refractivity contribution is -0.0733. The summed E-state index contributed by atoms with van der Waals surface area (Å²) in [6.07, 6.45) is 11.7. The molecule has 55 heavy (non-hydrogen) atoms. The van der Waals surface area contributed by atoms with Crippen molar-refractivity contribution in [3.8, 4) is 0 Å². The van der Waals surface area contributed by atoms with Gasteiger partial charge in [-0.25, -0.2) is 5.10 Å². The SMILES string of the molecule is C.CSC[C@H]1CN(C2CCN(c3n[nH]c(N)n3)CC2)[C@@H](Cc2ccc(Cl)cc2)CO1.CSC[C@H]1CN(C2CCNCC2)[C@@H](Cc2ccc(Cl)cc2)CO1.Cl.Cl. The summed E-state index contributed by atoms with van der Waals surface area (Å²) in [5.74, 6) is 3.22. The van der Waals surface area contributed by atoms with Crippen LogP contribution in [0.4, 0.5) is 11.9 Å². The zero-order valence-corrected chi connectivity index (χ0v) is 36.2. The van der Waals surface area contributed by atoms with Gasteiger partial charge in [0.2, 0.25) is 11.9 Å². The van der Waals surface area contributed by atoms with Crippen molar-refractivity contribution in [2.75, 3.05) is 87.1 Å². The molecule has 0 unspecified atom stereocenters. The van der Waals surface area contributed by atoms with Crippen molar-refractivity contribution in [1.29, 1.82) is 0 Å². The molecule has 7 rings (SSSR count). The molecule has 1 aromatic heterocycles. The standard InChI is InChI=1S/C20H29ClN6OS.C18H27ClN2OS.CH4.2ClH/c1-29-13-18-11-27(17(12-28-18)10-14-2-4-15(21)5-3-14)16-6-8-26(9-7-16)20-23-19(22)24-25-20;1-23-13-18-11-21(16-6-8-20-9-7-16)17(12-22-18)10-14-2-4-15(19)5-3-14;;;/h2-5,16-18H,6-13H2,1H3,(H3,22,23,24,25);2-5,16-18,20H,6-13H2,1H3;1H4;2*1H/t2*17-,18+;;;/m00.../s1. The van der Waals surface area contributed by atoms with Crippen LogP contribution in [0.15, 0.2) is 48.5 Å². The highest BCUT2D eigenvalue weighted by Crippen LogP contribution is 2.28. The first-order valence-corrected chi connectivity index (χ1v) is 22.3. The number of halogens is 4. The number of benzene rings is 2. The highest BCUT2D eigenvalue weighted by Gasteiger charge is 2.36. The number of ether oxygens (including phenoxy) is 2. The number of nitrogen functional groups attached to an aromatic ring is 1. The Labute approximate surface area is 360 Å². The van der Waals surface area contributed by atoms with E-state index in [2.05, 4.69) is 72.0 Å². The van der Waals surface area contributed by atoms with E-state index in [-0.39, 0.29) is 32.2 Å². The van der Waals surface area contributed by atoms with Crippen LogP contribution in [0, 0.1) is 0 Å². The van der Waals surface area contributed by atoms with E-state index in [0.29, 0.717) is 48.3 Å². The number of rotatable bonds is 11. The molecule has 0 bridgehead atoms. The van der Waals surface area contributed by atoms with Gasteiger partial charge in [-0.15, -0.1) is 29.9 Å². The minimum atomic E-state index is 0. The molecule has 4 N–H and O–H groups in total. The Morgan fingerprint density at radius 1 is 0.745 bits per heavy atom. The zero-order valence-electron chi connectivity index (χ0n) is 31.4. The van der Waals surface area contributed by atoms with Gasteiger partial charge in [0.05, 0.1) is 25.4 Å². The van der Waals surface area contributed by atoms with E-state index in [4.69, 9.17) is 38.4 Å². The van der Waals surface area contributed by atoms with Crippen LogP contribution >= 0.6 is 71.5 Å². The number of piperidine rings is 2. The van der Waals surface area contributed by atoms with E-state index in [0.717, 1.165) is 99.7 Å². The van der Waals surface area contributed by atoms with E-state index in [1.54, 1.807) is 0 Å². The molecule has 0 saturated carbocycles. The summed E-state index contributed by atoms with van der Waals surface area (Å²) in [5, 5.41) is 12.0. The highest BCUT2D eigenvalue weighted by atomic mass is 35.5. The number of H-pyrrole nitrogens is 1. The van der Waals surface area contributed by atoms with Crippen LogP contribution < -0.4 is 16.0 Å². The Balaban J connectivity index is 0.000000287. The van der Waals surface area contributed by atoms with Gasteiger partial charge in [-0.05, 0) is 99.5 Å². The first kappa shape index (κ1) is 48.2. The van der Waals surface area contributed by atoms with Gasteiger partial charge in [-0.3, -0.25) is 9.80 Å². The van der Waals surface area contributed by atoms with Crippen LogP contribution in [0.2, 0.25) is 10.0 Å². The molecule has 310 valence electrons. The summed E-state index contributed by atoms with van der Waals surface area (Å²) >= 11 is 15.8. The van der Waals surface area contributed by atoms with Crippen molar-refractivity contribution in [3.05, 3.63) is 69.7 Å². The van der Waals surface area contributed by atoms with E-state index < -0.39 is 0 Å². The topological polar surface area (TPSA) is 108 Å². The molecule has 0 spiro atoms. The molecule has 0 amide bonds. The third-order valence-electron chi connectivity index (χ3n) is 10.8. The first-order chi connectivity index (χ1) is 25.4. The van der Waals surface area contributed by atoms with Crippen LogP contribution in [-0.2, 0) is 22.3 Å². The van der Waals surface area contributed by atoms with Crippen LogP contribution in [0.25, 0.3) is 0 Å². The number of nitrogens with zero attached hydrogens (tertiary/aromatic N) is 5. The Hall–Kier alpha value is -1.16. The quantitative estimate of drug-likeness (QED) is 0.182. The fourth-order valence-electron chi connectivity index (χ4n) is 8.11. The molecule has 4 fully saturated rings. The van der Waals surface area contributed by atoms with E-state index >= 15 is 0 Å². The molecule has 5 heterocycles. The fraction of sp³-hybridized carbons (Fsp3) is 0.641. The largest absolute Gasteiger partial charge is 0.374 e. The molecular weight excluding hydrogens is 818 g/mol. The third-order valence-corrected chi connectivity index (χ3v) is 12.7. The van der Waals surface area contributed by atoms with Crippen molar-refractivity contribution in [3.63, 3.8) is 0 Å². The van der Waals surface area contributed by atoms with Crippen molar-refractivity contribution in [1.82, 2.24) is 30.3 Å². The highest BCUT2D eigenvalue weighted by molar-refractivity contribution is 7.98. The Kier molecular flexibility index (Phi) is 21.6. The summed E-state index contributed by atoms with van der Waals surface area (Å²) in [6.45, 7) is 7.87. The van der Waals surface area contributed by atoms with Crippen LogP contribution in [0.3, 0.4) is 0 Å². The van der Waals surface area contributed by atoms with Gasteiger partial charge >= 0.3 is 0 Å². The molecule has 16 heteroatoms. The van der Waals surface area contributed by atoms with Crippen molar-refractivity contribution >= 4 is 83.4 Å². The maximum atomic E-state index is 6.20. The van der Waals surface area contributed by atoms with Gasteiger partial charge in [-0.2, -0.15) is 28.5 Å². The van der Waals surface area contributed by atoms with Crippen molar-refractivity contribution in [2.24, 2.45) is 0 Å². The van der Waals surface area contributed by atoms with E-state index in [1.165, 1.54) is 24.0 Å². The first-order valence-electron chi connectivity index (χ1n) is 18.7. The molecule has 0 radical (unpaired) electrons. The molecule has 0 aliphatic carbocycles. The van der Waals surface area contributed by atoms with Gasteiger partial charge in [0.1, 0.15) is 0 Å². The van der Waals surface area contributed by atoms with E-state index in [9.17, 15) is 0 Å². The molecular formula is C39H62Cl4N8O2S2. The molecule has 3 aromatic rings. The number of hydrogen-bond acceptors (Lipinski definition) is 11. The van der Waals surface area contributed by atoms with Gasteiger partial charge in [0, 0.05) is 71.9 Å². The molecule has 2 aromatic carbocycles. The normalized spacial score (nSPS) is 24.1. The summed E-state index contributed by atoms with van der Waals surface area (Å²) in [5.41, 5.74) is 8.35. The third kappa shape index (κ3) is 14.3. The number of aromatic nitrogens is 3. The number of aromatic amines is 1. The van der Waals surface area contributed by atoms with Crippen molar-refractivity contribution < 1.29 is 9.47 Å². The maximum absolute atomic E-state index is 6.20. The number of nitrogens with two attached hydrogens (primary N) is 1. The predicted molar refractivity (Wildman–Crippen MR) is 241 cm³/mol. The fourth-order valence-corrected chi connectivity index (χ4v) is 9.51. The second-order valence-electron chi connectivity index (χ2n) is 14.4. The minimum absolute atomic E-state index is 0. The lowest BCUT2D eigenvalue weighted by Crippen LogP contribution is -2.57. The van der Waals surface area contributed by atoms with E-state index in [1.807, 2.05) is 47.8 Å². The van der Waals surface area contributed by atoms with Crippen LogP contribution in [-0.4, -0.2) is 138 Å². The summed E-state index contributed by atoms with van der Waals surface area (Å²) in [6, 6.07) is 18.6. The number of anilines is 2. The lowest BCUT2D eigenvalue weighted by atomic mass is 9.96. The average molecular weight is 881 g/mol. The number of thioether (sulfide) groups is 2. The van der Waals surface area contributed by atoms with Gasteiger partial charge in [0.25, 0.3) is 0 Å². The second kappa shape index (κ2) is 24.7. The average Bonchev–Trinajstić information content (AvgIpc) is 3.61. The molecule has 4 aliphatic heterocycles. The predicted octanol–water partition coefficient (Wildman–Crippen LogP) is 7.23. The lowest BCUT2D eigenvalue weighted by Gasteiger charge is -2.46. The van der Waals surface area contributed by atoms with Gasteiger partial charge < -0.3 is 25.4 Å². The number of hydrogen-bond donors (Lipinski definition) is 3. The summed E-state index contributed by atoms with van der Waals surface area (Å²) in [4.78, 5) is 11.9. The molecule has 4 aliphatic rings. The molecule has 4 atom stereocenters.